The minimum absolute atomic E-state index is 0.00739. The molecule has 6 nitrogen and oxygen atoms in total. The molecule has 0 bridgehead atoms. The first-order chi connectivity index (χ1) is 13.3. The van der Waals surface area contributed by atoms with Gasteiger partial charge in [0.1, 0.15) is 0 Å². The molecule has 1 aromatic rings. The number of nitrogens with zero attached hydrogens (tertiary/aromatic N) is 1. The van der Waals surface area contributed by atoms with Gasteiger partial charge in [0.05, 0.1) is 17.5 Å². The van der Waals surface area contributed by atoms with Crippen LogP contribution in [0.4, 0.5) is 5.69 Å². The fraction of sp³-hybridized carbons (Fsp3) is 0.600. The van der Waals surface area contributed by atoms with Gasteiger partial charge in [-0.25, -0.2) is 8.42 Å². The first-order valence-electron chi connectivity index (χ1n) is 9.92. The maximum Gasteiger partial charge on any atom is 0.251 e. The number of carbonyl (C=O) groups excluding carboxylic acids is 1. The summed E-state index contributed by atoms with van der Waals surface area (Å²) in [5.74, 6) is 1.05. The second-order valence-electron chi connectivity index (χ2n) is 8.32. The molecule has 28 heavy (non-hydrogen) atoms. The van der Waals surface area contributed by atoms with E-state index in [1.807, 2.05) is 25.1 Å². The highest BCUT2D eigenvalue weighted by molar-refractivity contribution is 8.15. The molecule has 8 heteroatoms. The lowest BCUT2D eigenvalue weighted by Crippen LogP contribution is -2.37. The number of amidine groups is 1. The van der Waals surface area contributed by atoms with E-state index in [1.165, 1.54) is 24.6 Å². The van der Waals surface area contributed by atoms with Gasteiger partial charge in [-0.3, -0.25) is 9.79 Å². The van der Waals surface area contributed by atoms with Gasteiger partial charge >= 0.3 is 0 Å². The minimum Gasteiger partial charge on any atom is -0.349 e. The molecule has 2 heterocycles. The third-order valence-electron chi connectivity index (χ3n) is 5.91. The largest absolute Gasteiger partial charge is 0.349 e. The van der Waals surface area contributed by atoms with Crippen molar-refractivity contribution in [2.75, 3.05) is 16.8 Å². The number of amides is 1. The molecule has 0 unspecified atom stereocenters. The summed E-state index contributed by atoms with van der Waals surface area (Å²) in [4.78, 5) is 17.2. The number of aryl methyl sites for hydroxylation is 1. The van der Waals surface area contributed by atoms with Crippen molar-refractivity contribution in [2.24, 2.45) is 10.9 Å². The third kappa shape index (κ3) is 4.38. The normalized spacial score (nSPS) is 31.1. The number of thioether (sulfide) groups is 1. The van der Waals surface area contributed by atoms with Crippen LogP contribution in [0, 0.1) is 12.8 Å². The highest BCUT2D eigenvalue weighted by Gasteiger charge is 2.42. The molecular weight excluding hydrogens is 394 g/mol. The summed E-state index contributed by atoms with van der Waals surface area (Å²) in [6.07, 6.45) is 4.42. The van der Waals surface area contributed by atoms with Gasteiger partial charge in [-0.1, -0.05) is 24.8 Å². The van der Waals surface area contributed by atoms with Crippen molar-refractivity contribution in [2.45, 2.75) is 56.9 Å². The molecule has 152 valence electrons. The first-order valence-corrected chi connectivity index (χ1v) is 12.6. The number of nitrogens with one attached hydrogen (secondary N) is 2. The number of hydrogen-bond acceptors (Lipinski definition) is 6. The van der Waals surface area contributed by atoms with Crippen LogP contribution in [0.3, 0.4) is 0 Å². The van der Waals surface area contributed by atoms with Crippen LogP contribution in [-0.2, 0) is 9.84 Å². The van der Waals surface area contributed by atoms with Crippen LogP contribution in [0.5, 0.6) is 0 Å². The molecular formula is C20H27N3O3S2. The first kappa shape index (κ1) is 19.8. The molecule has 0 radical (unpaired) electrons. The van der Waals surface area contributed by atoms with Crippen LogP contribution in [0.25, 0.3) is 0 Å². The summed E-state index contributed by atoms with van der Waals surface area (Å²) in [6, 6.07) is 5.76. The van der Waals surface area contributed by atoms with Gasteiger partial charge in [-0.2, -0.15) is 0 Å². The van der Waals surface area contributed by atoms with Gasteiger partial charge in [-0.15, -0.1) is 0 Å². The molecule has 1 aliphatic carbocycles. The maximum absolute atomic E-state index is 12.7. The zero-order valence-electron chi connectivity index (χ0n) is 16.3. The molecule has 0 spiro atoms. The molecule has 0 aromatic heterocycles. The van der Waals surface area contributed by atoms with Gasteiger partial charge in [0.15, 0.2) is 15.0 Å². The highest BCUT2D eigenvalue weighted by Crippen LogP contribution is 2.35. The molecule has 2 aliphatic heterocycles. The molecule has 1 saturated carbocycles. The molecule has 2 fully saturated rings. The van der Waals surface area contributed by atoms with E-state index in [4.69, 9.17) is 0 Å². The monoisotopic (exact) mass is 421 g/mol. The predicted octanol–water partition coefficient (Wildman–Crippen LogP) is 2.98. The average Bonchev–Trinajstić information content (AvgIpc) is 3.11. The zero-order chi connectivity index (χ0) is 19.9. The van der Waals surface area contributed by atoms with E-state index < -0.39 is 9.84 Å². The Hall–Kier alpha value is -1.54. The molecule has 3 aliphatic rings. The second-order valence-corrected chi connectivity index (χ2v) is 11.7. The topological polar surface area (TPSA) is 87.6 Å². The van der Waals surface area contributed by atoms with E-state index >= 15 is 0 Å². The predicted molar refractivity (Wildman–Crippen MR) is 115 cm³/mol. The van der Waals surface area contributed by atoms with Crippen LogP contribution >= 0.6 is 11.8 Å². The number of rotatable bonds is 3. The van der Waals surface area contributed by atoms with Crippen LogP contribution in [0.15, 0.2) is 23.2 Å². The smallest absolute Gasteiger partial charge is 0.251 e. The Labute approximate surface area is 170 Å². The summed E-state index contributed by atoms with van der Waals surface area (Å²) in [6.45, 7) is 4.25. The SMILES string of the molecule is Cc1ccc(C(=O)NC2CCC(C)CC2)cc1NC1=N[C@H]2CS(=O)(=O)C[C@H]2S1. The van der Waals surface area contributed by atoms with Gasteiger partial charge in [0.25, 0.3) is 5.91 Å². The van der Waals surface area contributed by atoms with Crippen LogP contribution in [0.1, 0.15) is 48.5 Å². The number of anilines is 1. The van der Waals surface area contributed by atoms with E-state index in [-0.39, 0.29) is 34.7 Å². The van der Waals surface area contributed by atoms with Crippen molar-refractivity contribution in [1.29, 1.82) is 0 Å². The maximum atomic E-state index is 12.7. The Morgan fingerprint density at radius 3 is 2.64 bits per heavy atom. The van der Waals surface area contributed by atoms with Crippen LogP contribution < -0.4 is 10.6 Å². The molecule has 2 atom stereocenters. The quantitative estimate of drug-likeness (QED) is 0.783. The summed E-state index contributed by atoms with van der Waals surface area (Å²) < 4.78 is 23.4. The fourth-order valence-corrected chi connectivity index (χ4v) is 7.77. The minimum atomic E-state index is -2.95. The van der Waals surface area contributed by atoms with Crippen LogP contribution in [0.2, 0.25) is 0 Å². The highest BCUT2D eigenvalue weighted by atomic mass is 32.2. The standard InChI is InChI=1S/C20H27N3O3S2/c1-12-3-7-15(8-4-12)21-19(24)14-6-5-13(2)16(9-14)22-20-23-17-10-28(25,26)11-18(17)27-20/h5-6,9,12,15,17-18H,3-4,7-8,10-11H2,1-2H3,(H,21,24)(H,22,23)/t12?,15?,17-,18+/m0/s1. The van der Waals surface area contributed by atoms with Crippen molar-refractivity contribution in [3.05, 3.63) is 29.3 Å². The van der Waals surface area contributed by atoms with E-state index in [2.05, 4.69) is 22.5 Å². The summed E-state index contributed by atoms with van der Waals surface area (Å²) in [5.41, 5.74) is 2.51. The lowest BCUT2D eigenvalue weighted by Gasteiger charge is -2.27. The lowest BCUT2D eigenvalue weighted by molar-refractivity contribution is 0.0923. The number of benzene rings is 1. The van der Waals surface area contributed by atoms with Crippen molar-refractivity contribution < 1.29 is 13.2 Å². The van der Waals surface area contributed by atoms with Crippen LogP contribution in [-0.4, -0.2) is 48.3 Å². The van der Waals surface area contributed by atoms with Gasteiger partial charge in [-0.05, 0) is 56.2 Å². The number of aliphatic imine (C=N–C) groups is 1. The van der Waals surface area contributed by atoms with E-state index in [1.54, 1.807) is 0 Å². The fourth-order valence-electron chi connectivity index (χ4n) is 4.10. The Morgan fingerprint density at radius 2 is 1.93 bits per heavy atom. The average molecular weight is 422 g/mol. The van der Waals surface area contributed by atoms with Gasteiger partial charge < -0.3 is 10.6 Å². The van der Waals surface area contributed by atoms with Crippen molar-refractivity contribution in [3.8, 4) is 0 Å². The molecule has 2 N–H and O–H groups in total. The van der Waals surface area contributed by atoms with Gasteiger partial charge in [0.2, 0.25) is 0 Å². The van der Waals surface area contributed by atoms with Gasteiger partial charge in [0, 0.05) is 22.5 Å². The number of carbonyl (C=O) groups is 1. The summed E-state index contributed by atoms with van der Waals surface area (Å²) in [7, 11) is -2.95. The summed E-state index contributed by atoms with van der Waals surface area (Å²) in [5, 5.41) is 7.23. The van der Waals surface area contributed by atoms with E-state index in [0.717, 1.165) is 35.2 Å². The Bertz CT molecular complexity index is 905. The third-order valence-corrected chi connectivity index (χ3v) is 9.05. The molecule has 1 saturated heterocycles. The number of fused-ring (bicyclic) bond motifs is 1. The van der Waals surface area contributed by atoms with E-state index in [0.29, 0.717) is 5.56 Å². The second kappa shape index (κ2) is 7.71. The molecule has 4 rings (SSSR count). The molecule has 1 aromatic carbocycles. The Balaban J connectivity index is 1.42. The lowest BCUT2D eigenvalue weighted by atomic mass is 9.87. The Morgan fingerprint density at radius 1 is 1.18 bits per heavy atom. The number of sulfone groups is 1. The van der Waals surface area contributed by atoms with Crippen molar-refractivity contribution in [3.63, 3.8) is 0 Å². The van der Waals surface area contributed by atoms with E-state index in [9.17, 15) is 13.2 Å². The van der Waals surface area contributed by atoms with Crippen molar-refractivity contribution >= 4 is 38.4 Å². The van der Waals surface area contributed by atoms with Crippen molar-refractivity contribution in [1.82, 2.24) is 5.32 Å². The Kier molecular flexibility index (Phi) is 5.44. The zero-order valence-corrected chi connectivity index (χ0v) is 17.9. The number of hydrogen-bond donors (Lipinski definition) is 2. The molecule has 1 amide bonds. The summed E-state index contributed by atoms with van der Waals surface area (Å²) >= 11 is 1.49.